The van der Waals surface area contributed by atoms with Gasteiger partial charge in [-0.3, -0.25) is 4.79 Å². The second-order valence-corrected chi connectivity index (χ2v) is 8.62. The number of carbonyl (C=O) groups excluding carboxylic acids is 1. The van der Waals surface area contributed by atoms with Gasteiger partial charge >= 0.3 is 5.97 Å². The van der Waals surface area contributed by atoms with Crippen LogP contribution in [0.3, 0.4) is 0 Å². The van der Waals surface area contributed by atoms with Crippen molar-refractivity contribution in [2.45, 2.75) is 38.3 Å². The fourth-order valence-electron chi connectivity index (χ4n) is 2.29. The number of carbonyl (C=O) groups is 1. The molecular formula is C19H21ClFNO4S. The number of rotatable bonds is 7. The van der Waals surface area contributed by atoms with Crippen LogP contribution in [0, 0.1) is 18.7 Å². The van der Waals surface area contributed by atoms with Crippen LogP contribution < -0.4 is 4.72 Å². The highest BCUT2D eigenvalue weighted by atomic mass is 35.5. The average Bonchev–Trinajstić information content (AvgIpc) is 2.59. The highest BCUT2D eigenvalue weighted by molar-refractivity contribution is 7.89. The summed E-state index contributed by atoms with van der Waals surface area (Å²) in [5, 5.41) is 0.129. The van der Waals surface area contributed by atoms with Crippen LogP contribution in [0.5, 0.6) is 0 Å². The zero-order chi connectivity index (χ0) is 20.2. The molecule has 8 heteroatoms. The van der Waals surface area contributed by atoms with Gasteiger partial charge in [0, 0.05) is 5.56 Å². The highest BCUT2D eigenvalue weighted by Crippen LogP contribution is 2.19. The molecule has 0 radical (unpaired) electrons. The summed E-state index contributed by atoms with van der Waals surface area (Å²) in [7, 11) is -3.89. The number of hydrogen-bond donors (Lipinski definition) is 1. The summed E-state index contributed by atoms with van der Waals surface area (Å²) in [6.07, 6.45) is 0. The van der Waals surface area contributed by atoms with Gasteiger partial charge in [0.15, 0.2) is 0 Å². The molecule has 0 aliphatic carbocycles. The minimum absolute atomic E-state index is 0.0631. The van der Waals surface area contributed by atoms with Gasteiger partial charge in [0.1, 0.15) is 18.5 Å². The second kappa shape index (κ2) is 8.82. The van der Waals surface area contributed by atoms with Crippen molar-refractivity contribution >= 4 is 27.6 Å². The molecule has 0 spiro atoms. The molecule has 1 atom stereocenters. The van der Waals surface area contributed by atoms with Crippen LogP contribution in [0.1, 0.15) is 25.0 Å². The first-order valence-corrected chi connectivity index (χ1v) is 10.2. The summed E-state index contributed by atoms with van der Waals surface area (Å²) >= 11 is 5.91. The number of aryl methyl sites for hydroxylation is 1. The third-order valence-electron chi connectivity index (χ3n) is 3.92. The predicted molar refractivity (Wildman–Crippen MR) is 101 cm³/mol. The van der Waals surface area contributed by atoms with E-state index in [0.717, 1.165) is 11.6 Å². The molecule has 1 N–H and O–H groups in total. The van der Waals surface area contributed by atoms with Crippen molar-refractivity contribution in [1.29, 1.82) is 0 Å². The van der Waals surface area contributed by atoms with E-state index < -0.39 is 27.9 Å². The van der Waals surface area contributed by atoms with Crippen molar-refractivity contribution in [3.05, 3.63) is 64.4 Å². The third-order valence-corrected chi connectivity index (χ3v) is 5.73. The van der Waals surface area contributed by atoms with Crippen molar-refractivity contribution in [3.63, 3.8) is 0 Å². The molecule has 2 aromatic carbocycles. The molecule has 0 bridgehead atoms. The summed E-state index contributed by atoms with van der Waals surface area (Å²) in [5.74, 6) is -1.58. The minimum Gasteiger partial charge on any atom is -0.460 e. The second-order valence-electron chi connectivity index (χ2n) is 6.50. The van der Waals surface area contributed by atoms with E-state index in [2.05, 4.69) is 4.72 Å². The Kier molecular flexibility index (Phi) is 6.97. The number of halogens is 2. The number of nitrogens with one attached hydrogen (secondary N) is 1. The lowest BCUT2D eigenvalue weighted by Crippen LogP contribution is -2.45. The van der Waals surface area contributed by atoms with Crippen LogP contribution >= 0.6 is 11.6 Å². The highest BCUT2D eigenvalue weighted by Gasteiger charge is 2.29. The van der Waals surface area contributed by atoms with Crippen molar-refractivity contribution in [1.82, 2.24) is 4.72 Å². The van der Waals surface area contributed by atoms with Crippen molar-refractivity contribution in [2.75, 3.05) is 0 Å². The van der Waals surface area contributed by atoms with Gasteiger partial charge in [-0.2, -0.15) is 4.72 Å². The number of esters is 1. The Hall–Kier alpha value is -1.96. The molecule has 0 unspecified atom stereocenters. The smallest absolute Gasteiger partial charge is 0.324 e. The summed E-state index contributed by atoms with van der Waals surface area (Å²) in [6.45, 7) is 5.06. The summed E-state index contributed by atoms with van der Waals surface area (Å²) in [6, 6.07) is 8.94. The molecular weight excluding hydrogens is 393 g/mol. The quantitative estimate of drug-likeness (QED) is 0.700. The number of hydrogen-bond acceptors (Lipinski definition) is 4. The lowest BCUT2D eigenvalue weighted by Gasteiger charge is -2.21. The fraction of sp³-hybridized carbons (Fsp3) is 0.316. The van der Waals surface area contributed by atoms with Gasteiger partial charge in [-0.05, 0) is 37.1 Å². The van der Waals surface area contributed by atoms with Crippen LogP contribution in [-0.2, 0) is 26.2 Å². The van der Waals surface area contributed by atoms with E-state index in [1.165, 1.54) is 24.3 Å². The van der Waals surface area contributed by atoms with Crippen LogP contribution in [0.2, 0.25) is 5.02 Å². The molecule has 0 amide bonds. The first-order valence-electron chi connectivity index (χ1n) is 8.29. The average molecular weight is 414 g/mol. The third kappa shape index (κ3) is 5.76. The van der Waals surface area contributed by atoms with Gasteiger partial charge in [0.05, 0.1) is 9.92 Å². The molecule has 2 aromatic rings. The maximum atomic E-state index is 13.1. The molecule has 0 aliphatic heterocycles. The summed E-state index contributed by atoms with van der Waals surface area (Å²) < 4.78 is 45.8. The molecule has 5 nitrogen and oxygen atoms in total. The van der Waals surface area contributed by atoms with Gasteiger partial charge < -0.3 is 4.74 Å². The molecule has 146 valence electrons. The van der Waals surface area contributed by atoms with E-state index in [9.17, 15) is 17.6 Å². The standard InChI is InChI=1S/C19H21ClFNO4S/c1-12(2)18(22-27(24,25)16-8-4-13(3)5-9-16)19(23)26-11-14-6-7-15(21)10-17(14)20/h4-10,12,18,22H,11H2,1-3H3/t18-/m0/s1. The fourth-order valence-corrected chi connectivity index (χ4v) is 3.84. The van der Waals surface area contributed by atoms with Crippen LogP contribution in [0.4, 0.5) is 4.39 Å². The SMILES string of the molecule is Cc1ccc(S(=O)(=O)N[C@H](C(=O)OCc2ccc(F)cc2Cl)C(C)C)cc1. The Morgan fingerprint density at radius 2 is 1.81 bits per heavy atom. The van der Waals surface area contributed by atoms with E-state index in [1.807, 2.05) is 6.92 Å². The molecule has 0 aliphatic rings. The Labute approximate surface area is 163 Å². The molecule has 2 rings (SSSR count). The van der Waals surface area contributed by atoms with E-state index in [1.54, 1.807) is 26.0 Å². The number of ether oxygens (including phenoxy) is 1. The van der Waals surface area contributed by atoms with Gasteiger partial charge in [-0.25, -0.2) is 12.8 Å². The lowest BCUT2D eigenvalue weighted by molar-refractivity contribution is -0.148. The van der Waals surface area contributed by atoms with Crippen LogP contribution in [0.25, 0.3) is 0 Å². The Balaban J connectivity index is 2.11. The largest absolute Gasteiger partial charge is 0.460 e. The van der Waals surface area contributed by atoms with Crippen LogP contribution in [-0.4, -0.2) is 20.4 Å². The van der Waals surface area contributed by atoms with Crippen molar-refractivity contribution < 1.29 is 22.3 Å². The normalized spacial score (nSPS) is 12.8. The van der Waals surface area contributed by atoms with Crippen molar-refractivity contribution in [2.24, 2.45) is 5.92 Å². The van der Waals surface area contributed by atoms with Gasteiger partial charge in [-0.15, -0.1) is 0 Å². The van der Waals surface area contributed by atoms with E-state index in [0.29, 0.717) is 5.56 Å². The molecule has 0 fully saturated rings. The first kappa shape index (κ1) is 21.3. The summed E-state index contributed by atoms with van der Waals surface area (Å²) in [5.41, 5.74) is 1.35. The number of sulfonamides is 1. The Bertz CT molecular complexity index is 914. The van der Waals surface area contributed by atoms with E-state index in [-0.39, 0.29) is 22.4 Å². The molecule has 0 aromatic heterocycles. The number of benzene rings is 2. The monoisotopic (exact) mass is 413 g/mol. The zero-order valence-electron chi connectivity index (χ0n) is 15.2. The first-order chi connectivity index (χ1) is 12.6. The predicted octanol–water partition coefficient (Wildman–Crippen LogP) is 3.83. The van der Waals surface area contributed by atoms with Crippen molar-refractivity contribution in [3.8, 4) is 0 Å². The lowest BCUT2D eigenvalue weighted by atomic mass is 10.1. The summed E-state index contributed by atoms with van der Waals surface area (Å²) in [4.78, 5) is 12.5. The minimum atomic E-state index is -3.89. The molecule has 27 heavy (non-hydrogen) atoms. The van der Waals surface area contributed by atoms with Gasteiger partial charge in [0.2, 0.25) is 10.0 Å². The molecule has 0 heterocycles. The maximum Gasteiger partial charge on any atom is 0.324 e. The van der Waals surface area contributed by atoms with Gasteiger partial charge in [-0.1, -0.05) is 49.2 Å². The molecule has 0 saturated heterocycles. The Morgan fingerprint density at radius 3 is 2.37 bits per heavy atom. The van der Waals surface area contributed by atoms with Crippen LogP contribution in [0.15, 0.2) is 47.4 Å². The topological polar surface area (TPSA) is 72.5 Å². The maximum absolute atomic E-state index is 13.1. The Morgan fingerprint density at radius 1 is 1.19 bits per heavy atom. The van der Waals surface area contributed by atoms with E-state index >= 15 is 0 Å². The van der Waals surface area contributed by atoms with Gasteiger partial charge in [0.25, 0.3) is 0 Å². The molecule has 0 saturated carbocycles. The van der Waals surface area contributed by atoms with E-state index in [4.69, 9.17) is 16.3 Å². The zero-order valence-corrected chi connectivity index (χ0v) is 16.8.